The summed E-state index contributed by atoms with van der Waals surface area (Å²) in [7, 11) is 0. The van der Waals surface area contributed by atoms with Crippen LogP contribution in [0.2, 0.25) is 0 Å². The molecule has 0 aliphatic heterocycles. The van der Waals surface area contributed by atoms with Gasteiger partial charge in [-0.1, -0.05) is 60.6 Å². The van der Waals surface area contributed by atoms with Crippen molar-refractivity contribution < 1.29 is 24.2 Å². The maximum atomic E-state index is 14.4. The summed E-state index contributed by atoms with van der Waals surface area (Å²) in [5.41, 5.74) is 1.59. The molecule has 6 rings (SSSR count). The summed E-state index contributed by atoms with van der Waals surface area (Å²) in [4.78, 5) is 43.2. The quantitative estimate of drug-likeness (QED) is 0.198. The van der Waals surface area contributed by atoms with Crippen LogP contribution in [0.25, 0.3) is 0 Å². The summed E-state index contributed by atoms with van der Waals surface area (Å²) in [6, 6.07) is 3.97. The zero-order valence-corrected chi connectivity index (χ0v) is 32.2. The number of nitrogens with one attached hydrogen (secondary N) is 1. The predicted molar refractivity (Wildman–Crippen MR) is 196 cm³/mol. The van der Waals surface area contributed by atoms with Crippen LogP contribution in [0, 0.1) is 62.1 Å². The highest BCUT2D eigenvalue weighted by molar-refractivity contribution is 5.84. The molecular weight excluding hydrogens is 624 g/mol. The average Bonchev–Trinajstić information content (AvgIpc) is 3.42. The maximum Gasteiger partial charge on any atom is 0.306 e. The molecule has 1 amide bonds. The van der Waals surface area contributed by atoms with Crippen molar-refractivity contribution in [3.8, 4) is 0 Å². The molecule has 0 aromatic carbocycles. The van der Waals surface area contributed by atoms with Crippen LogP contribution >= 0.6 is 0 Å². The van der Waals surface area contributed by atoms with Gasteiger partial charge >= 0.3 is 11.9 Å². The number of fused-ring (bicyclic) bond motifs is 7. The van der Waals surface area contributed by atoms with E-state index >= 15 is 0 Å². The molecule has 276 valence electrons. The van der Waals surface area contributed by atoms with Crippen LogP contribution in [0.5, 0.6) is 0 Å². The van der Waals surface area contributed by atoms with Gasteiger partial charge in [0.1, 0.15) is 6.10 Å². The van der Waals surface area contributed by atoms with E-state index in [1.54, 1.807) is 12.4 Å². The van der Waals surface area contributed by atoms with Crippen LogP contribution in [0.4, 0.5) is 0 Å². The van der Waals surface area contributed by atoms with E-state index in [0.717, 1.165) is 63.4 Å². The Bertz CT molecular complexity index is 1500. The summed E-state index contributed by atoms with van der Waals surface area (Å²) in [6.07, 6.45) is 14.0. The van der Waals surface area contributed by atoms with E-state index in [-0.39, 0.29) is 57.9 Å². The number of hydrogen-bond donors (Lipinski definition) is 2. The molecule has 1 aromatic rings. The number of ether oxygens (including phenoxy) is 1. The average molecular weight is 689 g/mol. The second-order valence-corrected chi connectivity index (χ2v) is 19.6. The number of nitrogens with zero attached hydrogens (tertiary/aromatic N) is 1. The Morgan fingerprint density at radius 3 is 2.26 bits per heavy atom. The summed E-state index contributed by atoms with van der Waals surface area (Å²) in [5.74, 6) is 1.26. The highest BCUT2D eigenvalue weighted by atomic mass is 16.5. The summed E-state index contributed by atoms with van der Waals surface area (Å²) in [5, 5.41) is 12.7. The van der Waals surface area contributed by atoms with E-state index in [2.05, 4.69) is 58.4 Å². The predicted octanol–water partition coefficient (Wildman–Crippen LogP) is 9.16. The minimum atomic E-state index is -0.888. The van der Waals surface area contributed by atoms with Gasteiger partial charge in [0.05, 0.1) is 18.3 Å². The lowest BCUT2D eigenvalue weighted by Crippen LogP contribution is -2.67. The van der Waals surface area contributed by atoms with Gasteiger partial charge in [0.15, 0.2) is 0 Å². The highest BCUT2D eigenvalue weighted by Gasteiger charge is 2.72. The largest absolute Gasteiger partial charge is 0.481 e. The number of amides is 1. The molecule has 1 heterocycles. The molecule has 2 N–H and O–H groups in total. The third-order valence-electron chi connectivity index (χ3n) is 16.2. The number of aliphatic carboxylic acids is 1. The number of rotatable bonds is 9. The fraction of sp³-hybridized carbons (Fsp3) is 0.767. The van der Waals surface area contributed by atoms with E-state index in [1.807, 2.05) is 26.0 Å². The topological polar surface area (TPSA) is 106 Å². The van der Waals surface area contributed by atoms with Gasteiger partial charge in [-0.3, -0.25) is 19.4 Å². The molecule has 7 nitrogen and oxygen atoms in total. The van der Waals surface area contributed by atoms with Crippen molar-refractivity contribution >= 4 is 17.8 Å². The molecule has 50 heavy (non-hydrogen) atoms. The minimum absolute atomic E-state index is 0.0533. The minimum Gasteiger partial charge on any atom is -0.481 e. The van der Waals surface area contributed by atoms with Crippen molar-refractivity contribution in [2.24, 2.45) is 62.1 Å². The monoisotopic (exact) mass is 688 g/mol. The molecule has 7 heteroatoms. The number of carbonyl (C=O) groups excluding carboxylic acids is 2. The summed E-state index contributed by atoms with van der Waals surface area (Å²) < 4.78 is 6.27. The van der Waals surface area contributed by atoms with Gasteiger partial charge in [0.2, 0.25) is 5.91 Å². The van der Waals surface area contributed by atoms with Crippen LogP contribution in [-0.4, -0.2) is 34.0 Å². The van der Waals surface area contributed by atoms with Crippen molar-refractivity contribution in [2.45, 2.75) is 145 Å². The van der Waals surface area contributed by atoms with Crippen LogP contribution in [0.3, 0.4) is 0 Å². The SMILES string of the molecule is C=C(C)[C@@H]1CC[C@]2(C(=O)NCc3ccncc3)CC[C@]3(C)[C@H](CC[C@@H]4[C@@]5(C)CC[C@H](OC(=O)CC(C)(C)CC(=O)O)C(C)(C)[C@@H]5CC[C@]43C)[C@@H]12. The lowest BCUT2D eigenvalue weighted by Gasteiger charge is -2.72. The van der Waals surface area contributed by atoms with E-state index in [4.69, 9.17) is 4.74 Å². The Balaban J connectivity index is 1.24. The molecule has 5 aliphatic rings. The van der Waals surface area contributed by atoms with Gasteiger partial charge in [0, 0.05) is 24.4 Å². The van der Waals surface area contributed by atoms with Gasteiger partial charge < -0.3 is 15.2 Å². The van der Waals surface area contributed by atoms with Crippen molar-refractivity contribution in [2.75, 3.05) is 0 Å². The second-order valence-electron chi connectivity index (χ2n) is 19.6. The molecule has 0 radical (unpaired) electrons. The normalized spacial score (nSPS) is 40.3. The zero-order valence-electron chi connectivity index (χ0n) is 32.2. The molecule has 0 spiro atoms. The number of esters is 1. The first-order valence-corrected chi connectivity index (χ1v) is 19.5. The summed E-state index contributed by atoms with van der Waals surface area (Å²) in [6.45, 7) is 23.3. The molecule has 5 fully saturated rings. The van der Waals surface area contributed by atoms with Crippen molar-refractivity contribution in [3.05, 3.63) is 42.2 Å². The van der Waals surface area contributed by atoms with Gasteiger partial charge in [-0.05, 0) is 140 Å². The van der Waals surface area contributed by atoms with Gasteiger partial charge in [-0.25, -0.2) is 0 Å². The molecule has 0 bridgehead atoms. The first kappa shape index (κ1) is 37.1. The first-order chi connectivity index (χ1) is 23.3. The smallest absolute Gasteiger partial charge is 0.306 e. The van der Waals surface area contributed by atoms with E-state index in [0.29, 0.717) is 36.1 Å². The second kappa shape index (κ2) is 12.8. The number of aromatic nitrogens is 1. The molecule has 5 saturated carbocycles. The Labute approximate surface area is 301 Å². The van der Waals surface area contributed by atoms with Crippen LogP contribution in [0.15, 0.2) is 36.7 Å². The van der Waals surface area contributed by atoms with Gasteiger partial charge in [-0.2, -0.15) is 0 Å². The van der Waals surface area contributed by atoms with Gasteiger partial charge in [-0.15, -0.1) is 0 Å². The third kappa shape index (κ3) is 5.85. The third-order valence-corrected chi connectivity index (χ3v) is 16.2. The van der Waals surface area contributed by atoms with Gasteiger partial charge in [0.25, 0.3) is 0 Å². The lowest BCUT2D eigenvalue weighted by atomic mass is 9.32. The van der Waals surface area contributed by atoms with Crippen LogP contribution in [0.1, 0.15) is 138 Å². The number of allylic oxidation sites excluding steroid dienone is 1. The standard InChI is InChI=1S/C43H64N2O5/c1-27(2)29-12-19-43(37(49)45-26-28-15-22-44-23-16-28)21-20-41(8)30(36(29)43)10-11-32-40(7)17-14-33(39(5,6)31(40)13-18-42(32,41)9)50-35(48)25-38(3,4)24-34(46)47/h15-16,22-23,29-33,36H,1,10-14,17-21,24-26H2,2-9H3,(H,45,49)(H,46,47)/t29-,30+,31-,32+,33-,36+,40-,41+,42+,43-/m0/s1. The Morgan fingerprint density at radius 1 is 0.900 bits per heavy atom. The number of carboxylic acid groups (broad SMARTS) is 1. The van der Waals surface area contributed by atoms with Crippen molar-refractivity contribution in [1.29, 1.82) is 0 Å². The molecular formula is C43H64N2O5. The van der Waals surface area contributed by atoms with Crippen LogP contribution < -0.4 is 5.32 Å². The van der Waals surface area contributed by atoms with Crippen LogP contribution in [-0.2, 0) is 25.7 Å². The van der Waals surface area contributed by atoms with E-state index < -0.39 is 11.4 Å². The Hall–Kier alpha value is -2.70. The first-order valence-electron chi connectivity index (χ1n) is 19.5. The highest BCUT2D eigenvalue weighted by Crippen LogP contribution is 2.77. The van der Waals surface area contributed by atoms with Crippen molar-refractivity contribution in [3.63, 3.8) is 0 Å². The number of hydrogen-bond acceptors (Lipinski definition) is 5. The number of carboxylic acids is 1. The number of pyridine rings is 1. The zero-order chi connectivity index (χ0) is 36.5. The summed E-state index contributed by atoms with van der Waals surface area (Å²) >= 11 is 0. The molecule has 0 unspecified atom stereocenters. The Morgan fingerprint density at radius 2 is 1.60 bits per heavy atom. The molecule has 5 aliphatic carbocycles. The fourth-order valence-corrected chi connectivity index (χ4v) is 13.6. The molecule has 1 aromatic heterocycles. The molecule has 0 saturated heterocycles. The van der Waals surface area contributed by atoms with Crippen molar-refractivity contribution in [1.82, 2.24) is 10.3 Å². The maximum absolute atomic E-state index is 14.4. The number of carbonyl (C=O) groups is 3. The van der Waals surface area contributed by atoms with E-state index in [9.17, 15) is 19.5 Å². The Kier molecular flexibility index (Phi) is 9.46. The fourth-order valence-electron chi connectivity index (χ4n) is 13.6. The molecule has 10 atom stereocenters. The van der Waals surface area contributed by atoms with E-state index in [1.165, 1.54) is 12.0 Å². The lowest BCUT2D eigenvalue weighted by molar-refractivity contribution is -0.249.